The number of hydrogen-bond donors (Lipinski definition) is 0. The lowest BCUT2D eigenvalue weighted by atomic mass is 9.81. The van der Waals surface area contributed by atoms with Crippen LogP contribution >= 0.6 is 15.9 Å². The van der Waals surface area contributed by atoms with Crippen LogP contribution in [0.5, 0.6) is 0 Å². The molecule has 1 fully saturated rings. The monoisotopic (exact) mass is 274 g/mol. The van der Waals surface area contributed by atoms with Crippen molar-refractivity contribution >= 4 is 15.9 Å². The maximum atomic E-state index is 13.4. The second kappa shape index (κ2) is 4.60. The van der Waals surface area contributed by atoms with Gasteiger partial charge in [-0.2, -0.15) is 0 Å². The lowest BCUT2D eigenvalue weighted by Crippen LogP contribution is -2.24. The van der Waals surface area contributed by atoms with Crippen LogP contribution < -0.4 is 0 Å². The van der Waals surface area contributed by atoms with Crippen molar-refractivity contribution in [1.29, 1.82) is 0 Å². The summed E-state index contributed by atoms with van der Waals surface area (Å²) >= 11 is 3.56. The molecule has 0 nitrogen and oxygen atoms in total. The number of rotatable bonds is 3. The summed E-state index contributed by atoms with van der Waals surface area (Å²) in [7, 11) is 0. The van der Waals surface area contributed by atoms with E-state index >= 15 is 0 Å². The Labute approximate surface area is 96.8 Å². The summed E-state index contributed by atoms with van der Waals surface area (Å²) in [6.45, 7) is 0. The first-order valence-electron chi connectivity index (χ1n) is 5.25. The summed E-state index contributed by atoms with van der Waals surface area (Å²) in [6, 6.07) is 4.38. The van der Waals surface area contributed by atoms with E-state index in [0.717, 1.165) is 6.07 Å². The highest BCUT2D eigenvalue weighted by molar-refractivity contribution is 9.09. The topological polar surface area (TPSA) is 0 Å². The van der Waals surface area contributed by atoms with Crippen LogP contribution in [-0.2, 0) is 6.42 Å². The lowest BCUT2D eigenvalue weighted by molar-refractivity contribution is 0.307. The molecule has 0 N–H and O–H groups in total. The minimum Gasteiger partial charge on any atom is -0.204 e. The highest BCUT2D eigenvalue weighted by Gasteiger charge is 2.26. The van der Waals surface area contributed by atoms with Crippen molar-refractivity contribution in [3.8, 4) is 0 Å². The Morgan fingerprint density at radius 1 is 1.33 bits per heavy atom. The van der Waals surface area contributed by atoms with Crippen molar-refractivity contribution in [1.82, 2.24) is 0 Å². The van der Waals surface area contributed by atoms with Crippen LogP contribution in [0.3, 0.4) is 0 Å². The van der Waals surface area contributed by atoms with Gasteiger partial charge in [0.2, 0.25) is 0 Å². The normalized spacial score (nSPS) is 18.6. The highest BCUT2D eigenvalue weighted by Crippen LogP contribution is 2.35. The zero-order valence-electron chi connectivity index (χ0n) is 8.35. The van der Waals surface area contributed by atoms with E-state index in [1.165, 1.54) is 19.3 Å². The van der Waals surface area contributed by atoms with Gasteiger partial charge in [0.15, 0.2) is 11.6 Å². The molecular weight excluding hydrogens is 262 g/mol. The van der Waals surface area contributed by atoms with E-state index in [9.17, 15) is 8.78 Å². The zero-order valence-corrected chi connectivity index (χ0v) is 9.94. The van der Waals surface area contributed by atoms with E-state index in [1.807, 2.05) is 0 Å². The molecule has 0 bridgehead atoms. The fourth-order valence-corrected chi connectivity index (χ4v) is 2.76. The molecule has 15 heavy (non-hydrogen) atoms. The van der Waals surface area contributed by atoms with Crippen molar-refractivity contribution in [3.63, 3.8) is 0 Å². The molecule has 3 heteroatoms. The maximum absolute atomic E-state index is 13.4. The summed E-state index contributed by atoms with van der Waals surface area (Å²) < 4.78 is 26.3. The summed E-state index contributed by atoms with van der Waals surface area (Å²) in [5, 5.41) is 0. The predicted octanol–water partition coefficient (Wildman–Crippen LogP) is 4.07. The molecule has 0 aromatic heterocycles. The summed E-state index contributed by atoms with van der Waals surface area (Å²) in [5.41, 5.74) is 0.476. The Balaban J connectivity index is 2.06. The van der Waals surface area contributed by atoms with Crippen LogP contribution in [0.1, 0.15) is 24.8 Å². The van der Waals surface area contributed by atoms with E-state index in [0.29, 0.717) is 17.9 Å². The number of hydrogen-bond acceptors (Lipinski definition) is 0. The lowest BCUT2D eigenvalue weighted by Gasteiger charge is -2.30. The fourth-order valence-electron chi connectivity index (χ4n) is 1.88. The Kier molecular flexibility index (Phi) is 3.39. The standard InChI is InChI=1S/C12H13BrF2/c13-10(8-3-1-4-8)7-9-5-2-6-11(14)12(9)15/h2,5-6,8,10H,1,3-4,7H2. The van der Waals surface area contributed by atoms with Gasteiger partial charge in [-0.15, -0.1) is 0 Å². The van der Waals surface area contributed by atoms with Crippen LogP contribution in [-0.4, -0.2) is 4.83 Å². The maximum Gasteiger partial charge on any atom is 0.162 e. The second-order valence-electron chi connectivity index (χ2n) is 4.12. The van der Waals surface area contributed by atoms with Crippen molar-refractivity contribution in [2.75, 3.05) is 0 Å². The average Bonchev–Trinajstić information content (AvgIpc) is 2.10. The third kappa shape index (κ3) is 2.39. The molecule has 1 unspecified atom stereocenters. The van der Waals surface area contributed by atoms with Crippen molar-refractivity contribution < 1.29 is 8.78 Å². The first kappa shape index (κ1) is 11.1. The fraction of sp³-hybridized carbons (Fsp3) is 0.500. The molecule has 0 aliphatic heterocycles. The van der Waals surface area contributed by atoms with Gasteiger partial charge >= 0.3 is 0 Å². The van der Waals surface area contributed by atoms with Gasteiger partial charge in [-0.3, -0.25) is 0 Å². The van der Waals surface area contributed by atoms with Gasteiger partial charge in [0.25, 0.3) is 0 Å². The summed E-state index contributed by atoms with van der Waals surface area (Å²) in [5.74, 6) is -0.810. The zero-order chi connectivity index (χ0) is 10.8. The summed E-state index contributed by atoms with van der Waals surface area (Å²) in [4.78, 5) is 0.280. The van der Waals surface area contributed by atoms with Crippen LogP contribution in [0.4, 0.5) is 8.78 Å². The van der Waals surface area contributed by atoms with Crippen LogP contribution in [0.15, 0.2) is 18.2 Å². The molecule has 0 heterocycles. The van der Waals surface area contributed by atoms with Gasteiger partial charge in [0, 0.05) is 4.83 Å². The molecule has 1 aliphatic carbocycles. The van der Waals surface area contributed by atoms with Gasteiger partial charge < -0.3 is 0 Å². The van der Waals surface area contributed by atoms with Gasteiger partial charge in [0.05, 0.1) is 0 Å². The average molecular weight is 275 g/mol. The first-order chi connectivity index (χ1) is 7.18. The Bertz CT molecular complexity index is 347. The smallest absolute Gasteiger partial charge is 0.162 e. The number of benzene rings is 1. The van der Waals surface area contributed by atoms with Gasteiger partial charge in [-0.25, -0.2) is 8.78 Å². The number of alkyl halides is 1. The van der Waals surface area contributed by atoms with Crippen LogP contribution in [0, 0.1) is 17.6 Å². The highest BCUT2D eigenvalue weighted by atomic mass is 79.9. The molecule has 1 aromatic carbocycles. The molecule has 1 saturated carbocycles. The largest absolute Gasteiger partial charge is 0.204 e. The molecule has 0 saturated heterocycles. The molecule has 1 aromatic rings. The minimum absolute atomic E-state index is 0.280. The van der Waals surface area contributed by atoms with Crippen molar-refractivity contribution in [2.24, 2.45) is 5.92 Å². The quantitative estimate of drug-likeness (QED) is 0.729. The molecule has 1 atom stereocenters. The van der Waals surface area contributed by atoms with E-state index < -0.39 is 11.6 Å². The van der Waals surface area contributed by atoms with Gasteiger partial charge in [-0.1, -0.05) is 34.5 Å². The van der Waals surface area contributed by atoms with E-state index in [1.54, 1.807) is 12.1 Å². The third-order valence-electron chi connectivity index (χ3n) is 3.11. The molecule has 0 amide bonds. The summed E-state index contributed by atoms with van der Waals surface area (Å²) in [6.07, 6.45) is 4.24. The molecule has 0 radical (unpaired) electrons. The van der Waals surface area contributed by atoms with E-state index in [4.69, 9.17) is 0 Å². The van der Waals surface area contributed by atoms with E-state index in [-0.39, 0.29) is 4.83 Å². The molecule has 82 valence electrons. The predicted molar refractivity (Wildman–Crippen MR) is 60.1 cm³/mol. The molecule has 2 rings (SSSR count). The third-order valence-corrected chi connectivity index (χ3v) is 4.18. The van der Waals surface area contributed by atoms with Crippen LogP contribution in [0.2, 0.25) is 0 Å². The Hall–Kier alpha value is -0.440. The Morgan fingerprint density at radius 2 is 2.07 bits per heavy atom. The Morgan fingerprint density at radius 3 is 2.67 bits per heavy atom. The van der Waals surface area contributed by atoms with Crippen LogP contribution in [0.25, 0.3) is 0 Å². The molecular formula is C12H13BrF2. The van der Waals surface area contributed by atoms with Crippen molar-refractivity contribution in [2.45, 2.75) is 30.5 Å². The van der Waals surface area contributed by atoms with Crippen molar-refractivity contribution in [3.05, 3.63) is 35.4 Å². The first-order valence-corrected chi connectivity index (χ1v) is 6.17. The van der Waals surface area contributed by atoms with Gasteiger partial charge in [-0.05, 0) is 36.8 Å². The minimum atomic E-state index is -0.749. The molecule has 1 aliphatic rings. The van der Waals surface area contributed by atoms with E-state index in [2.05, 4.69) is 15.9 Å². The molecule has 0 spiro atoms. The second-order valence-corrected chi connectivity index (χ2v) is 5.30. The van der Waals surface area contributed by atoms with Gasteiger partial charge in [0.1, 0.15) is 0 Å². The SMILES string of the molecule is Fc1cccc(CC(Br)C2CCC2)c1F. The number of halogens is 3.